The van der Waals surface area contributed by atoms with Gasteiger partial charge in [-0.15, -0.1) is 11.3 Å². The van der Waals surface area contributed by atoms with E-state index in [9.17, 15) is 18.4 Å². The number of nitrogens with zero attached hydrogens (tertiary/aromatic N) is 2. The Morgan fingerprint density at radius 3 is 2.77 bits per heavy atom. The van der Waals surface area contributed by atoms with Gasteiger partial charge in [0.15, 0.2) is 22.9 Å². The SMILES string of the molecule is Cc1sc(NC(=O)CCN2C(=O)[C@@H](C)Oc3ccccc32)nc1-c1ccc(F)c(F)c1. The fraction of sp³-hybridized carbons (Fsp3) is 0.227. The van der Waals surface area contributed by atoms with Gasteiger partial charge in [0.2, 0.25) is 5.91 Å². The molecule has 0 bridgehead atoms. The number of para-hydroxylation sites is 2. The molecule has 2 amide bonds. The summed E-state index contributed by atoms with van der Waals surface area (Å²) >= 11 is 1.24. The monoisotopic (exact) mass is 443 g/mol. The molecule has 31 heavy (non-hydrogen) atoms. The van der Waals surface area contributed by atoms with Crippen LogP contribution in [0, 0.1) is 18.6 Å². The summed E-state index contributed by atoms with van der Waals surface area (Å²) in [7, 11) is 0. The van der Waals surface area contributed by atoms with E-state index in [2.05, 4.69) is 10.3 Å². The Hall–Kier alpha value is -3.33. The zero-order chi connectivity index (χ0) is 22.1. The summed E-state index contributed by atoms with van der Waals surface area (Å²) in [4.78, 5) is 31.7. The molecule has 0 saturated carbocycles. The number of nitrogens with one attached hydrogen (secondary N) is 1. The van der Waals surface area contributed by atoms with Gasteiger partial charge in [-0.3, -0.25) is 9.59 Å². The van der Waals surface area contributed by atoms with Crippen LogP contribution < -0.4 is 15.0 Å². The molecule has 9 heteroatoms. The predicted molar refractivity (Wildman–Crippen MR) is 114 cm³/mol. The van der Waals surface area contributed by atoms with Gasteiger partial charge in [0, 0.05) is 23.4 Å². The highest BCUT2D eigenvalue weighted by Crippen LogP contribution is 2.34. The molecule has 6 nitrogen and oxygen atoms in total. The Morgan fingerprint density at radius 2 is 2.00 bits per heavy atom. The molecule has 1 N–H and O–H groups in total. The maximum Gasteiger partial charge on any atom is 0.267 e. The van der Waals surface area contributed by atoms with Gasteiger partial charge in [-0.25, -0.2) is 13.8 Å². The first-order valence-electron chi connectivity index (χ1n) is 9.63. The van der Waals surface area contributed by atoms with Gasteiger partial charge in [0.05, 0.1) is 11.4 Å². The first-order chi connectivity index (χ1) is 14.8. The van der Waals surface area contributed by atoms with Crippen LogP contribution in [0.5, 0.6) is 5.75 Å². The van der Waals surface area contributed by atoms with E-state index in [1.807, 2.05) is 6.07 Å². The van der Waals surface area contributed by atoms with Crippen LogP contribution in [0.1, 0.15) is 18.2 Å². The molecular formula is C22H19F2N3O3S. The molecule has 1 aromatic heterocycles. The fourth-order valence-corrected chi connectivity index (χ4v) is 4.20. The molecule has 0 fully saturated rings. The van der Waals surface area contributed by atoms with Gasteiger partial charge in [-0.1, -0.05) is 12.1 Å². The lowest BCUT2D eigenvalue weighted by molar-refractivity contribution is -0.125. The lowest BCUT2D eigenvalue weighted by Crippen LogP contribution is -2.45. The normalized spacial score (nSPS) is 15.4. The molecule has 2 aromatic carbocycles. The highest BCUT2D eigenvalue weighted by molar-refractivity contribution is 7.16. The number of amides is 2. The Kier molecular flexibility index (Phi) is 5.69. The van der Waals surface area contributed by atoms with Crippen molar-refractivity contribution in [1.29, 1.82) is 0 Å². The minimum Gasteiger partial charge on any atom is -0.479 e. The number of fused-ring (bicyclic) bond motifs is 1. The van der Waals surface area contributed by atoms with E-state index >= 15 is 0 Å². The number of benzene rings is 2. The second-order valence-corrected chi connectivity index (χ2v) is 8.27. The number of hydrogen-bond donors (Lipinski definition) is 1. The van der Waals surface area contributed by atoms with Crippen LogP contribution in [0.15, 0.2) is 42.5 Å². The highest BCUT2D eigenvalue weighted by Gasteiger charge is 2.31. The molecule has 0 spiro atoms. The summed E-state index contributed by atoms with van der Waals surface area (Å²) in [6.07, 6.45) is -0.565. The number of hydrogen-bond acceptors (Lipinski definition) is 5. The average Bonchev–Trinajstić information content (AvgIpc) is 3.10. The van der Waals surface area contributed by atoms with E-state index < -0.39 is 17.7 Å². The summed E-state index contributed by atoms with van der Waals surface area (Å²) < 4.78 is 32.3. The number of anilines is 2. The third-order valence-electron chi connectivity index (χ3n) is 4.87. The van der Waals surface area contributed by atoms with Gasteiger partial charge < -0.3 is 15.0 Å². The Labute approximate surface area is 181 Å². The molecule has 0 radical (unpaired) electrons. The van der Waals surface area contributed by atoms with Crippen molar-refractivity contribution in [1.82, 2.24) is 4.98 Å². The standard InChI is InChI=1S/C22H19F2N3O3S/c1-12-21(29)27(17-5-3-4-6-18(17)30-12)10-9-19(28)25-22-26-20(13(2)31-22)14-7-8-15(23)16(24)11-14/h3-8,11-12H,9-10H2,1-2H3,(H,25,26,28)/t12-/m1/s1. The number of aromatic nitrogens is 1. The van der Waals surface area contributed by atoms with Crippen molar-refractivity contribution in [2.75, 3.05) is 16.8 Å². The van der Waals surface area contributed by atoms with Crippen molar-refractivity contribution in [3.63, 3.8) is 0 Å². The molecular weight excluding hydrogens is 424 g/mol. The van der Waals surface area contributed by atoms with Crippen LogP contribution >= 0.6 is 11.3 Å². The number of carbonyl (C=O) groups is 2. The molecule has 4 rings (SSSR count). The van der Waals surface area contributed by atoms with Crippen LogP contribution in [0.25, 0.3) is 11.3 Å². The molecule has 160 valence electrons. The molecule has 0 saturated heterocycles. The van der Waals surface area contributed by atoms with Gasteiger partial charge in [0.25, 0.3) is 5.91 Å². The zero-order valence-electron chi connectivity index (χ0n) is 16.8. The second kappa shape index (κ2) is 8.43. The minimum absolute atomic E-state index is 0.0614. The summed E-state index contributed by atoms with van der Waals surface area (Å²) in [6.45, 7) is 3.65. The first kappa shape index (κ1) is 20.9. The molecule has 1 aliphatic rings. The largest absolute Gasteiger partial charge is 0.479 e. The van der Waals surface area contributed by atoms with Crippen LogP contribution in [-0.2, 0) is 9.59 Å². The van der Waals surface area contributed by atoms with Crippen molar-refractivity contribution in [3.05, 3.63) is 59.0 Å². The quantitative estimate of drug-likeness (QED) is 0.629. The van der Waals surface area contributed by atoms with E-state index in [-0.39, 0.29) is 24.8 Å². The summed E-state index contributed by atoms with van der Waals surface area (Å²) in [6, 6.07) is 10.7. The molecule has 1 atom stereocenters. The molecule has 2 heterocycles. The first-order valence-corrected chi connectivity index (χ1v) is 10.4. The third kappa shape index (κ3) is 4.27. The second-order valence-electron chi connectivity index (χ2n) is 7.07. The van der Waals surface area contributed by atoms with Crippen LogP contribution in [-0.4, -0.2) is 29.4 Å². The van der Waals surface area contributed by atoms with Gasteiger partial charge in [-0.2, -0.15) is 0 Å². The maximum atomic E-state index is 13.5. The minimum atomic E-state index is -0.958. The van der Waals surface area contributed by atoms with E-state index in [0.717, 1.165) is 17.0 Å². The van der Waals surface area contributed by atoms with Crippen LogP contribution in [0.4, 0.5) is 19.6 Å². The summed E-state index contributed by atoms with van der Waals surface area (Å²) in [5.74, 6) is -1.81. The van der Waals surface area contributed by atoms with E-state index in [1.54, 1.807) is 36.9 Å². The molecule has 0 unspecified atom stereocenters. The molecule has 3 aromatic rings. The Morgan fingerprint density at radius 1 is 1.23 bits per heavy atom. The summed E-state index contributed by atoms with van der Waals surface area (Å²) in [5, 5.41) is 3.07. The smallest absolute Gasteiger partial charge is 0.267 e. The number of carbonyl (C=O) groups excluding carboxylic acids is 2. The fourth-order valence-electron chi connectivity index (χ4n) is 3.35. The van der Waals surface area contributed by atoms with E-state index in [0.29, 0.717) is 27.8 Å². The van der Waals surface area contributed by atoms with Crippen molar-refractivity contribution >= 4 is 34.0 Å². The van der Waals surface area contributed by atoms with Crippen molar-refractivity contribution < 1.29 is 23.1 Å². The van der Waals surface area contributed by atoms with E-state index in [4.69, 9.17) is 4.74 Å². The lowest BCUT2D eigenvalue weighted by Gasteiger charge is -2.32. The van der Waals surface area contributed by atoms with Crippen LogP contribution in [0.3, 0.4) is 0 Å². The topological polar surface area (TPSA) is 71.5 Å². The van der Waals surface area contributed by atoms with E-state index in [1.165, 1.54) is 17.4 Å². The Bertz CT molecular complexity index is 1160. The van der Waals surface area contributed by atoms with Crippen LogP contribution in [0.2, 0.25) is 0 Å². The molecule has 0 aliphatic carbocycles. The molecule has 1 aliphatic heterocycles. The van der Waals surface area contributed by atoms with Crippen molar-refractivity contribution in [3.8, 4) is 17.0 Å². The maximum absolute atomic E-state index is 13.5. The lowest BCUT2D eigenvalue weighted by atomic mass is 10.1. The number of aryl methyl sites for hydroxylation is 1. The number of halogens is 2. The highest BCUT2D eigenvalue weighted by atomic mass is 32.1. The van der Waals surface area contributed by atoms with Crippen molar-refractivity contribution in [2.45, 2.75) is 26.4 Å². The Balaban J connectivity index is 1.44. The third-order valence-corrected chi connectivity index (χ3v) is 5.76. The zero-order valence-corrected chi connectivity index (χ0v) is 17.6. The predicted octanol–water partition coefficient (Wildman–Crippen LogP) is 4.54. The number of thiazole rings is 1. The van der Waals surface area contributed by atoms with Gasteiger partial charge in [0.1, 0.15) is 5.75 Å². The number of ether oxygens (including phenoxy) is 1. The average molecular weight is 443 g/mol. The van der Waals surface area contributed by atoms with Gasteiger partial charge >= 0.3 is 0 Å². The summed E-state index contributed by atoms with van der Waals surface area (Å²) in [5.41, 5.74) is 1.53. The van der Waals surface area contributed by atoms with Crippen molar-refractivity contribution in [2.24, 2.45) is 0 Å². The van der Waals surface area contributed by atoms with Gasteiger partial charge in [-0.05, 0) is 44.2 Å². The number of rotatable bonds is 5.